The molecule has 7 heteroatoms. The Labute approximate surface area is 138 Å². The van der Waals surface area contributed by atoms with Gasteiger partial charge in [-0.25, -0.2) is 14.5 Å². The Balaban J connectivity index is 1.72. The van der Waals surface area contributed by atoms with Crippen LogP contribution in [-0.4, -0.2) is 25.1 Å². The Kier molecular flexibility index (Phi) is 4.41. The SMILES string of the molecule is CCCn1nc(C(=O)OCc2cn3cc(C)ccc3n2)ccc1=O. The smallest absolute Gasteiger partial charge is 0.359 e. The molecule has 0 fully saturated rings. The van der Waals surface area contributed by atoms with E-state index in [9.17, 15) is 9.59 Å². The number of pyridine rings is 1. The van der Waals surface area contributed by atoms with E-state index in [1.54, 1.807) is 0 Å². The van der Waals surface area contributed by atoms with Crippen LogP contribution in [0.4, 0.5) is 0 Å². The Hall–Kier alpha value is -2.96. The van der Waals surface area contributed by atoms with Crippen LogP contribution in [0.3, 0.4) is 0 Å². The maximum Gasteiger partial charge on any atom is 0.359 e. The molecule has 0 saturated carbocycles. The monoisotopic (exact) mass is 326 g/mol. The second-order valence-corrected chi connectivity index (χ2v) is 5.56. The van der Waals surface area contributed by atoms with Gasteiger partial charge in [0, 0.05) is 25.0 Å². The van der Waals surface area contributed by atoms with Gasteiger partial charge < -0.3 is 9.14 Å². The molecular weight excluding hydrogens is 308 g/mol. The summed E-state index contributed by atoms with van der Waals surface area (Å²) in [5.41, 5.74) is 2.44. The van der Waals surface area contributed by atoms with Crippen LogP contribution < -0.4 is 5.56 Å². The van der Waals surface area contributed by atoms with E-state index in [0.29, 0.717) is 12.2 Å². The van der Waals surface area contributed by atoms with Crippen LogP contribution >= 0.6 is 0 Å². The van der Waals surface area contributed by atoms with Crippen molar-refractivity contribution in [2.24, 2.45) is 0 Å². The summed E-state index contributed by atoms with van der Waals surface area (Å²) in [6, 6.07) is 6.58. The first kappa shape index (κ1) is 15.9. The van der Waals surface area contributed by atoms with E-state index >= 15 is 0 Å². The number of carbonyl (C=O) groups excluding carboxylic acids is 1. The fraction of sp³-hybridized carbons (Fsp3) is 0.294. The van der Waals surface area contributed by atoms with Crippen LogP contribution in [0.1, 0.15) is 35.1 Å². The van der Waals surface area contributed by atoms with Gasteiger partial charge in [-0.15, -0.1) is 0 Å². The van der Waals surface area contributed by atoms with Gasteiger partial charge >= 0.3 is 5.97 Å². The van der Waals surface area contributed by atoms with Gasteiger partial charge in [-0.2, -0.15) is 5.10 Å². The van der Waals surface area contributed by atoms with E-state index in [1.165, 1.54) is 16.8 Å². The molecule has 0 saturated heterocycles. The maximum atomic E-state index is 12.1. The first-order valence-electron chi connectivity index (χ1n) is 7.76. The van der Waals surface area contributed by atoms with Crippen molar-refractivity contribution in [1.82, 2.24) is 19.2 Å². The number of hydrogen-bond donors (Lipinski definition) is 0. The molecule has 3 heterocycles. The minimum Gasteiger partial charge on any atom is -0.454 e. The number of aryl methyl sites for hydroxylation is 2. The van der Waals surface area contributed by atoms with Gasteiger partial charge in [0.25, 0.3) is 5.56 Å². The summed E-state index contributed by atoms with van der Waals surface area (Å²) in [6.07, 6.45) is 4.53. The highest BCUT2D eigenvalue weighted by molar-refractivity contribution is 5.86. The van der Waals surface area contributed by atoms with Crippen molar-refractivity contribution in [3.8, 4) is 0 Å². The Bertz CT molecular complexity index is 942. The summed E-state index contributed by atoms with van der Waals surface area (Å²) in [5, 5.41) is 4.03. The molecule has 0 aliphatic heterocycles. The topological polar surface area (TPSA) is 78.5 Å². The van der Waals surface area contributed by atoms with Crippen LogP contribution in [0.25, 0.3) is 5.65 Å². The second kappa shape index (κ2) is 6.66. The molecule has 0 amide bonds. The highest BCUT2D eigenvalue weighted by Gasteiger charge is 2.12. The van der Waals surface area contributed by atoms with E-state index < -0.39 is 5.97 Å². The lowest BCUT2D eigenvalue weighted by Gasteiger charge is -2.05. The zero-order valence-corrected chi connectivity index (χ0v) is 13.6. The average Bonchev–Trinajstić information content (AvgIpc) is 2.96. The Morgan fingerprint density at radius 2 is 2.04 bits per heavy atom. The molecular formula is C17H18N4O3. The van der Waals surface area contributed by atoms with Crippen molar-refractivity contribution in [3.05, 3.63) is 64.0 Å². The number of rotatable bonds is 5. The molecule has 3 rings (SSSR count). The normalized spacial score (nSPS) is 10.9. The van der Waals surface area contributed by atoms with E-state index in [2.05, 4.69) is 10.1 Å². The Morgan fingerprint density at radius 3 is 2.83 bits per heavy atom. The first-order valence-corrected chi connectivity index (χ1v) is 7.76. The third-order valence-corrected chi connectivity index (χ3v) is 3.51. The third kappa shape index (κ3) is 3.34. The molecule has 3 aromatic heterocycles. The molecule has 0 radical (unpaired) electrons. The van der Waals surface area contributed by atoms with Gasteiger partial charge in [0.15, 0.2) is 5.69 Å². The van der Waals surface area contributed by atoms with Crippen molar-refractivity contribution in [2.45, 2.75) is 33.4 Å². The minimum atomic E-state index is -0.576. The summed E-state index contributed by atoms with van der Waals surface area (Å²) in [4.78, 5) is 28.1. The van der Waals surface area contributed by atoms with Gasteiger partial charge in [0.1, 0.15) is 12.3 Å². The van der Waals surface area contributed by atoms with Crippen LogP contribution in [0.2, 0.25) is 0 Å². The highest BCUT2D eigenvalue weighted by atomic mass is 16.5. The van der Waals surface area contributed by atoms with Crippen LogP contribution in [0.5, 0.6) is 0 Å². The molecule has 0 atom stereocenters. The zero-order chi connectivity index (χ0) is 17.1. The van der Waals surface area contributed by atoms with E-state index in [1.807, 2.05) is 42.8 Å². The number of fused-ring (bicyclic) bond motifs is 1. The fourth-order valence-corrected chi connectivity index (χ4v) is 2.37. The lowest BCUT2D eigenvalue weighted by molar-refractivity contribution is 0.0458. The molecule has 0 bridgehead atoms. The predicted molar refractivity (Wildman–Crippen MR) is 87.8 cm³/mol. The molecule has 124 valence electrons. The van der Waals surface area contributed by atoms with Gasteiger partial charge in [-0.3, -0.25) is 4.79 Å². The van der Waals surface area contributed by atoms with Crippen LogP contribution in [-0.2, 0) is 17.9 Å². The van der Waals surface area contributed by atoms with Gasteiger partial charge in [-0.05, 0) is 31.0 Å². The number of nitrogens with zero attached hydrogens (tertiary/aromatic N) is 4. The summed E-state index contributed by atoms with van der Waals surface area (Å²) in [5.74, 6) is -0.576. The van der Waals surface area contributed by atoms with Crippen molar-refractivity contribution in [1.29, 1.82) is 0 Å². The largest absolute Gasteiger partial charge is 0.454 e. The van der Waals surface area contributed by atoms with Crippen molar-refractivity contribution in [2.75, 3.05) is 0 Å². The van der Waals surface area contributed by atoms with Gasteiger partial charge in [0.2, 0.25) is 0 Å². The number of imidazole rings is 1. The van der Waals surface area contributed by atoms with Crippen LogP contribution in [0, 0.1) is 6.92 Å². The van der Waals surface area contributed by atoms with E-state index in [0.717, 1.165) is 17.6 Å². The molecule has 0 unspecified atom stereocenters. The number of ether oxygens (including phenoxy) is 1. The fourth-order valence-electron chi connectivity index (χ4n) is 2.37. The molecule has 7 nitrogen and oxygen atoms in total. The molecule has 0 aliphatic carbocycles. The lowest BCUT2D eigenvalue weighted by atomic mass is 10.3. The average molecular weight is 326 g/mol. The quantitative estimate of drug-likeness (QED) is 0.670. The van der Waals surface area contributed by atoms with E-state index in [4.69, 9.17) is 4.74 Å². The molecule has 0 aromatic carbocycles. The number of esters is 1. The summed E-state index contributed by atoms with van der Waals surface area (Å²) in [7, 11) is 0. The minimum absolute atomic E-state index is 0.0497. The highest BCUT2D eigenvalue weighted by Crippen LogP contribution is 2.09. The summed E-state index contributed by atoms with van der Waals surface area (Å²) in [6.45, 7) is 4.44. The second-order valence-electron chi connectivity index (χ2n) is 5.56. The third-order valence-electron chi connectivity index (χ3n) is 3.51. The standard InChI is InChI=1S/C17H18N4O3/c1-3-8-21-16(22)7-5-14(19-21)17(23)24-11-13-10-20-9-12(2)4-6-15(20)18-13/h4-7,9-10H,3,8,11H2,1-2H3. The molecule has 0 N–H and O–H groups in total. The zero-order valence-electron chi connectivity index (χ0n) is 13.6. The molecule has 0 spiro atoms. The van der Waals surface area contributed by atoms with E-state index in [-0.39, 0.29) is 17.9 Å². The Morgan fingerprint density at radius 1 is 1.21 bits per heavy atom. The summed E-state index contributed by atoms with van der Waals surface area (Å²) >= 11 is 0. The van der Waals surface area contributed by atoms with Crippen molar-refractivity contribution < 1.29 is 9.53 Å². The van der Waals surface area contributed by atoms with Gasteiger partial charge in [0.05, 0.1) is 5.69 Å². The predicted octanol–water partition coefficient (Wildman–Crippen LogP) is 1.97. The first-order chi connectivity index (χ1) is 11.6. The number of carbonyl (C=O) groups is 1. The van der Waals surface area contributed by atoms with Crippen molar-refractivity contribution >= 4 is 11.6 Å². The number of aromatic nitrogens is 4. The number of hydrogen-bond acceptors (Lipinski definition) is 5. The molecule has 3 aromatic rings. The van der Waals surface area contributed by atoms with Crippen molar-refractivity contribution in [3.63, 3.8) is 0 Å². The lowest BCUT2D eigenvalue weighted by Crippen LogP contribution is -2.24. The molecule has 0 aliphatic rings. The molecule has 24 heavy (non-hydrogen) atoms. The summed E-state index contributed by atoms with van der Waals surface area (Å²) < 4.78 is 8.41. The maximum absolute atomic E-state index is 12.1. The van der Waals surface area contributed by atoms with Gasteiger partial charge in [-0.1, -0.05) is 13.0 Å². The van der Waals surface area contributed by atoms with Crippen LogP contribution in [0.15, 0.2) is 41.5 Å².